The number of para-hydroxylation sites is 1. The van der Waals surface area contributed by atoms with Gasteiger partial charge in [-0.25, -0.2) is 4.79 Å². The van der Waals surface area contributed by atoms with Crippen LogP contribution in [0, 0.1) is 0 Å². The fourth-order valence-corrected chi connectivity index (χ4v) is 2.71. The maximum Gasteiger partial charge on any atom is 0.349 e. The number of ether oxygens (including phenoxy) is 1. The Hall–Kier alpha value is -3.12. The number of hydrogen-bond donors (Lipinski definition) is 0. The Bertz CT molecular complexity index is 1130. The third kappa shape index (κ3) is 2.95. The summed E-state index contributed by atoms with van der Waals surface area (Å²) in [5.74, 6) is 0.965. The molecule has 0 radical (unpaired) electrons. The Morgan fingerprint density at radius 3 is 2.73 bits per heavy atom. The molecular weight excluding hydrogens is 356 g/mol. The molecule has 0 N–H and O–H groups in total. The van der Waals surface area contributed by atoms with Crippen molar-refractivity contribution < 1.29 is 13.7 Å². The van der Waals surface area contributed by atoms with Crippen molar-refractivity contribution in [2.24, 2.45) is 0 Å². The van der Waals surface area contributed by atoms with E-state index in [-0.39, 0.29) is 11.5 Å². The molecule has 2 heterocycles. The van der Waals surface area contributed by atoms with E-state index in [2.05, 4.69) is 10.1 Å². The van der Waals surface area contributed by atoms with Crippen molar-refractivity contribution >= 4 is 22.6 Å². The van der Waals surface area contributed by atoms with E-state index in [9.17, 15) is 4.79 Å². The monoisotopic (exact) mass is 368 g/mol. The molecule has 7 heteroatoms. The van der Waals surface area contributed by atoms with Gasteiger partial charge in [-0.15, -0.1) is 0 Å². The molecule has 0 aliphatic heterocycles. The van der Waals surface area contributed by atoms with Crippen LogP contribution in [0.2, 0.25) is 5.02 Å². The van der Waals surface area contributed by atoms with Gasteiger partial charge in [0.15, 0.2) is 11.3 Å². The lowest BCUT2D eigenvalue weighted by atomic mass is 10.1. The highest BCUT2D eigenvalue weighted by molar-refractivity contribution is 6.30. The summed E-state index contributed by atoms with van der Waals surface area (Å²) in [4.78, 5) is 16.7. The van der Waals surface area contributed by atoms with Crippen molar-refractivity contribution in [1.82, 2.24) is 10.1 Å². The van der Waals surface area contributed by atoms with Crippen LogP contribution in [0.4, 0.5) is 0 Å². The van der Waals surface area contributed by atoms with E-state index >= 15 is 0 Å². The van der Waals surface area contributed by atoms with Crippen molar-refractivity contribution in [2.75, 3.05) is 6.61 Å². The van der Waals surface area contributed by atoms with Crippen LogP contribution in [-0.4, -0.2) is 16.7 Å². The van der Waals surface area contributed by atoms with Gasteiger partial charge in [-0.2, -0.15) is 4.98 Å². The smallest absolute Gasteiger partial charge is 0.349 e. The van der Waals surface area contributed by atoms with Crippen molar-refractivity contribution in [3.63, 3.8) is 0 Å². The zero-order valence-electron chi connectivity index (χ0n) is 13.7. The van der Waals surface area contributed by atoms with Gasteiger partial charge in [0.1, 0.15) is 5.56 Å². The first-order valence-corrected chi connectivity index (χ1v) is 8.33. The third-order valence-corrected chi connectivity index (χ3v) is 4.03. The Labute approximate surface area is 153 Å². The number of halogens is 1. The normalized spacial score (nSPS) is 11.0. The molecule has 2 aromatic heterocycles. The highest BCUT2D eigenvalue weighted by atomic mass is 35.5. The molecule has 2 aromatic carbocycles. The van der Waals surface area contributed by atoms with E-state index in [1.54, 1.807) is 36.4 Å². The van der Waals surface area contributed by atoms with Crippen LogP contribution in [0.1, 0.15) is 6.92 Å². The fourth-order valence-electron chi connectivity index (χ4n) is 2.59. The Balaban J connectivity index is 1.79. The number of hydrogen-bond acceptors (Lipinski definition) is 6. The molecule has 26 heavy (non-hydrogen) atoms. The number of nitrogens with zero attached hydrogens (tertiary/aromatic N) is 2. The average molecular weight is 369 g/mol. The van der Waals surface area contributed by atoms with Gasteiger partial charge in [0.2, 0.25) is 5.82 Å². The predicted molar refractivity (Wildman–Crippen MR) is 97.4 cm³/mol. The zero-order chi connectivity index (χ0) is 18.1. The number of rotatable bonds is 4. The standard InChI is InChI=1S/C19H13ClN2O4/c1-2-24-15-5-3-4-12-10-14(19(23)25-16(12)15)18-21-17(22-26-18)11-6-8-13(20)9-7-11/h3-10H,2H2,1H3. The minimum atomic E-state index is -0.573. The molecule has 4 rings (SSSR count). The minimum absolute atomic E-state index is 0.0902. The van der Waals surface area contributed by atoms with E-state index in [1.165, 1.54) is 0 Å². The maximum atomic E-state index is 12.4. The molecule has 4 aromatic rings. The second-order valence-corrected chi connectivity index (χ2v) is 5.92. The van der Waals surface area contributed by atoms with Crippen molar-refractivity contribution in [2.45, 2.75) is 6.92 Å². The molecule has 0 saturated heterocycles. The fraction of sp³-hybridized carbons (Fsp3) is 0.105. The van der Waals surface area contributed by atoms with E-state index < -0.39 is 5.63 Å². The Kier molecular flexibility index (Phi) is 4.18. The van der Waals surface area contributed by atoms with Gasteiger partial charge in [-0.05, 0) is 43.3 Å². The van der Waals surface area contributed by atoms with Crippen LogP contribution in [-0.2, 0) is 0 Å². The van der Waals surface area contributed by atoms with Gasteiger partial charge in [0.05, 0.1) is 6.61 Å². The van der Waals surface area contributed by atoms with Gasteiger partial charge < -0.3 is 13.7 Å². The van der Waals surface area contributed by atoms with Crippen LogP contribution in [0.5, 0.6) is 5.75 Å². The first-order valence-electron chi connectivity index (χ1n) is 7.95. The summed E-state index contributed by atoms with van der Waals surface area (Å²) in [6.07, 6.45) is 0. The molecule has 0 fully saturated rings. The number of benzene rings is 2. The second-order valence-electron chi connectivity index (χ2n) is 5.49. The van der Waals surface area contributed by atoms with Gasteiger partial charge in [0.25, 0.3) is 5.89 Å². The van der Waals surface area contributed by atoms with Gasteiger partial charge in [-0.1, -0.05) is 28.9 Å². The van der Waals surface area contributed by atoms with Gasteiger partial charge >= 0.3 is 5.63 Å². The lowest BCUT2D eigenvalue weighted by Crippen LogP contribution is -2.04. The molecule has 0 atom stereocenters. The molecular formula is C19H13ClN2O4. The number of fused-ring (bicyclic) bond motifs is 1. The average Bonchev–Trinajstić information content (AvgIpc) is 3.12. The van der Waals surface area contributed by atoms with Crippen LogP contribution in [0.3, 0.4) is 0 Å². The summed E-state index contributed by atoms with van der Waals surface area (Å²) in [5.41, 5.74) is 0.739. The largest absolute Gasteiger partial charge is 0.490 e. The summed E-state index contributed by atoms with van der Waals surface area (Å²) >= 11 is 5.88. The predicted octanol–water partition coefficient (Wildman–Crippen LogP) is 4.56. The van der Waals surface area contributed by atoms with E-state index in [0.717, 1.165) is 5.56 Å². The van der Waals surface area contributed by atoms with E-state index in [4.69, 9.17) is 25.3 Å². The third-order valence-electron chi connectivity index (χ3n) is 3.78. The van der Waals surface area contributed by atoms with Gasteiger partial charge in [0, 0.05) is 16.0 Å². The summed E-state index contributed by atoms with van der Waals surface area (Å²) in [6.45, 7) is 2.33. The molecule has 0 unspecified atom stereocenters. The van der Waals surface area contributed by atoms with Crippen LogP contribution >= 0.6 is 11.6 Å². The summed E-state index contributed by atoms with van der Waals surface area (Å²) in [7, 11) is 0. The molecule has 0 spiro atoms. The Morgan fingerprint density at radius 1 is 1.15 bits per heavy atom. The van der Waals surface area contributed by atoms with Crippen molar-refractivity contribution in [3.05, 3.63) is 64.0 Å². The van der Waals surface area contributed by atoms with Crippen molar-refractivity contribution in [3.8, 4) is 28.6 Å². The Morgan fingerprint density at radius 2 is 1.96 bits per heavy atom. The lowest BCUT2D eigenvalue weighted by Gasteiger charge is -2.05. The second kappa shape index (κ2) is 6.65. The number of aromatic nitrogens is 2. The quantitative estimate of drug-likeness (QED) is 0.491. The zero-order valence-corrected chi connectivity index (χ0v) is 14.5. The molecule has 0 aliphatic rings. The molecule has 130 valence electrons. The topological polar surface area (TPSA) is 78.4 Å². The molecule has 0 saturated carbocycles. The van der Waals surface area contributed by atoms with Crippen LogP contribution in [0.25, 0.3) is 33.8 Å². The first kappa shape index (κ1) is 16.4. The molecule has 0 bridgehead atoms. The van der Waals surface area contributed by atoms with Crippen LogP contribution < -0.4 is 10.4 Å². The lowest BCUT2D eigenvalue weighted by molar-refractivity contribution is 0.337. The minimum Gasteiger partial charge on any atom is -0.490 e. The summed E-state index contributed by atoms with van der Waals surface area (Å²) in [5, 5.41) is 5.24. The summed E-state index contributed by atoms with van der Waals surface area (Å²) in [6, 6.07) is 14.1. The van der Waals surface area contributed by atoms with Crippen LogP contribution in [0.15, 0.2) is 62.3 Å². The molecule has 0 amide bonds. The maximum absolute atomic E-state index is 12.4. The highest BCUT2D eigenvalue weighted by Crippen LogP contribution is 2.28. The first-order chi connectivity index (χ1) is 12.7. The highest BCUT2D eigenvalue weighted by Gasteiger charge is 2.17. The molecule has 6 nitrogen and oxygen atoms in total. The van der Waals surface area contributed by atoms with E-state index in [1.807, 2.05) is 19.1 Å². The summed E-state index contributed by atoms with van der Waals surface area (Å²) < 4.78 is 16.2. The SMILES string of the molecule is CCOc1cccc2cc(-c3nc(-c4ccc(Cl)cc4)no3)c(=O)oc12. The van der Waals surface area contributed by atoms with E-state index in [0.29, 0.717) is 34.2 Å². The van der Waals surface area contributed by atoms with Gasteiger partial charge in [-0.3, -0.25) is 0 Å². The van der Waals surface area contributed by atoms with Crippen molar-refractivity contribution in [1.29, 1.82) is 0 Å². The molecule has 0 aliphatic carbocycles.